The van der Waals surface area contributed by atoms with Gasteiger partial charge in [0.05, 0.1) is 13.5 Å². The van der Waals surface area contributed by atoms with Crippen LogP contribution in [0.3, 0.4) is 0 Å². The molecule has 0 aliphatic heterocycles. The Bertz CT molecular complexity index is 301. The molecule has 0 unspecified atom stereocenters. The summed E-state index contributed by atoms with van der Waals surface area (Å²) in [6.07, 6.45) is 3.93. The molecule has 82 valence electrons. The predicted molar refractivity (Wildman–Crippen MR) is 57.2 cm³/mol. The molecule has 0 fully saturated rings. The zero-order chi connectivity index (χ0) is 11.1. The van der Waals surface area contributed by atoms with Crippen molar-refractivity contribution in [3.05, 3.63) is 30.1 Å². The maximum atomic E-state index is 11.0. The van der Waals surface area contributed by atoms with Crippen LogP contribution >= 0.6 is 0 Å². The van der Waals surface area contributed by atoms with Gasteiger partial charge in [0.25, 0.3) is 0 Å². The molecule has 0 amide bonds. The van der Waals surface area contributed by atoms with Gasteiger partial charge in [0.2, 0.25) is 0 Å². The summed E-state index contributed by atoms with van der Waals surface area (Å²) in [5, 5.41) is 3.22. The summed E-state index contributed by atoms with van der Waals surface area (Å²) in [6.45, 7) is 2.67. The first-order valence-corrected chi connectivity index (χ1v) is 4.91. The highest BCUT2D eigenvalue weighted by molar-refractivity contribution is 5.69. The zero-order valence-electron chi connectivity index (χ0n) is 9.06. The second-order valence-electron chi connectivity index (χ2n) is 3.42. The van der Waals surface area contributed by atoms with Gasteiger partial charge in [-0.2, -0.15) is 0 Å². The van der Waals surface area contributed by atoms with Gasteiger partial charge in [0.15, 0.2) is 0 Å². The zero-order valence-corrected chi connectivity index (χ0v) is 9.06. The third-order valence-electron chi connectivity index (χ3n) is 2.08. The normalized spacial score (nSPS) is 12.1. The van der Waals surface area contributed by atoms with Crippen molar-refractivity contribution in [2.24, 2.45) is 0 Å². The Kier molecular flexibility index (Phi) is 4.77. The summed E-state index contributed by atoms with van der Waals surface area (Å²) in [6, 6.07) is 3.99. The number of ether oxygens (including phenoxy) is 1. The number of rotatable bonds is 5. The van der Waals surface area contributed by atoms with Crippen molar-refractivity contribution in [1.82, 2.24) is 10.3 Å². The molecule has 0 aliphatic carbocycles. The average molecular weight is 208 g/mol. The number of nitrogens with zero attached hydrogens (tertiary/aromatic N) is 1. The Labute approximate surface area is 89.7 Å². The highest BCUT2D eigenvalue weighted by Crippen LogP contribution is 1.98. The first-order valence-electron chi connectivity index (χ1n) is 4.91. The van der Waals surface area contributed by atoms with Crippen molar-refractivity contribution >= 4 is 5.97 Å². The van der Waals surface area contributed by atoms with Crippen LogP contribution in [0.15, 0.2) is 24.5 Å². The molecule has 1 aromatic heterocycles. The molecule has 1 atom stereocenters. The lowest BCUT2D eigenvalue weighted by Gasteiger charge is -2.11. The van der Waals surface area contributed by atoms with Gasteiger partial charge in [0, 0.05) is 25.0 Å². The van der Waals surface area contributed by atoms with Gasteiger partial charge < -0.3 is 10.1 Å². The third kappa shape index (κ3) is 4.56. The monoisotopic (exact) mass is 208 g/mol. The Hall–Kier alpha value is -1.42. The van der Waals surface area contributed by atoms with Gasteiger partial charge >= 0.3 is 5.97 Å². The maximum Gasteiger partial charge on any atom is 0.307 e. The number of aromatic nitrogens is 1. The molecule has 0 spiro atoms. The van der Waals surface area contributed by atoms with Crippen LogP contribution in [0.2, 0.25) is 0 Å². The van der Waals surface area contributed by atoms with E-state index in [4.69, 9.17) is 0 Å². The minimum absolute atomic E-state index is 0.109. The van der Waals surface area contributed by atoms with Crippen molar-refractivity contribution in [3.63, 3.8) is 0 Å². The van der Waals surface area contributed by atoms with Crippen molar-refractivity contribution in [3.8, 4) is 0 Å². The molecule has 1 heterocycles. The molecule has 0 aromatic carbocycles. The lowest BCUT2D eigenvalue weighted by molar-refractivity contribution is -0.141. The van der Waals surface area contributed by atoms with Crippen molar-refractivity contribution < 1.29 is 9.53 Å². The minimum atomic E-state index is -0.193. The minimum Gasteiger partial charge on any atom is -0.469 e. The fourth-order valence-corrected chi connectivity index (χ4v) is 1.20. The topological polar surface area (TPSA) is 51.2 Å². The lowest BCUT2D eigenvalue weighted by Crippen LogP contribution is -2.28. The van der Waals surface area contributed by atoms with Crippen molar-refractivity contribution in [2.75, 3.05) is 7.11 Å². The van der Waals surface area contributed by atoms with Crippen LogP contribution in [0.1, 0.15) is 18.9 Å². The Morgan fingerprint density at radius 1 is 1.67 bits per heavy atom. The highest BCUT2D eigenvalue weighted by Gasteiger charge is 2.07. The van der Waals surface area contributed by atoms with E-state index in [0.29, 0.717) is 13.0 Å². The van der Waals surface area contributed by atoms with Crippen LogP contribution in [-0.4, -0.2) is 24.1 Å². The highest BCUT2D eigenvalue weighted by atomic mass is 16.5. The molecular weight excluding hydrogens is 192 g/mol. The SMILES string of the molecule is COC(=O)C[C@H](C)NCc1cccnc1. The fraction of sp³-hybridized carbons (Fsp3) is 0.455. The third-order valence-corrected chi connectivity index (χ3v) is 2.08. The second-order valence-corrected chi connectivity index (χ2v) is 3.42. The van der Waals surface area contributed by atoms with Gasteiger partial charge in [-0.3, -0.25) is 9.78 Å². The molecule has 1 rings (SSSR count). The molecule has 4 heteroatoms. The Morgan fingerprint density at radius 3 is 3.07 bits per heavy atom. The van der Waals surface area contributed by atoms with Gasteiger partial charge in [0.1, 0.15) is 0 Å². The van der Waals surface area contributed by atoms with E-state index in [1.54, 1.807) is 12.4 Å². The molecule has 4 nitrogen and oxygen atoms in total. The quantitative estimate of drug-likeness (QED) is 0.737. The number of esters is 1. The summed E-state index contributed by atoms with van der Waals surface area (Å²) >= 11 is 0. The van der Waals surface area contributed by atoms with Crippen LogP contribution in [0.5, 0.6) is 0 Å². The number of hydrogen-bond acceptors (Lipinski definition) is 4. The first-order chi connectivity index (χ1) is 7.22. The summed E-state index contributed by atoms with van der Waals surface area (Å²) in [5.41, 5.74) is 1.11. The van der Waals surface area contributed by atoms with Crippen LogP contribution in [-0.2, 0) is 16.1 Å². The van der Waals surface area contributed by atoms with E-state index in [-0.39, 0.29) is 12.0 Å². The molecule has 0 aliphatic rings. The fourth-order valence-electron chi connectivity index (χ4n) is 1.20. The standard InChI is InChI=1S/C11H16N2O2/c1-9(6-11(14)15-2)13-8-10-4-3-5-12-7-10/h3-5,7,9,13H,6,8H2,1-2H3/t9-/m0/s1. The molecule has 0 radical (unpaired) electrons. The summed E-state index contributed by atoms with van der Waals surface area (Å²) < 4.78 is 4.58. The number of carbonyl (C=O) groups excluding carboxylic acids is 1. The van der Waals surface area contributed by atoms with Gasteiger partial charge in [-0.25, -0.2) is 0 Å². The van der Waals surface area contributed by atoms with E-state index in [1.165, 1.54) is 7.11 Å². The van der Waals surface area contributed by atoms with E-state index in [0.717, 1.165) is 5.56 Å². The first kappa shape index (κ1) is 11.7. The van der Waals surface area contributed by atoms with Crippen molar-refractivity contribution in [1.29, 1.82) is 0 Å². The number of hydrogen-bond donors (Lipinski definition) is 1. The molecule has 0 saturated carbocycles. The predicted octanol–water partition coefficient (Wildman–Crippen LogP) is 1.12. The van der Waals surface area contributed by atoms with Gasteiger partial charge in [-0.15, -0.1) is 0 Å². The largest absolute Gasteiger partial charge is 0.469 e. The number of methoxy groups -OCH3 is 1. The Balaban J connectivity index is 2.28. The molecule has 0 bridgehead atoms. The van der Waals surface area contributed by atoms with Crippen LogP contribution < -0.4 is 5.32 Å². The van der Waals surface area contributed by atoms with E-state index in [2.05, 4.69) is 15.0 Å². The molecule has 1 aromatic rings. The summed E-state index contributed by atoms with van der Waals surface area (Å²) in [5.74, 6) is -0.193. The molecule has 1 N–H and O–H groups in total. The molecule has 0 saturated heterocycles. The smallest absolute Gasteiger partial charge is 0.307 e. The van der Waals surface area contributed by atoms with Crippen LogP contribution in [0.4, 0.5) is 0 Å². The van der Waals surface area contributed by atoms with E-state index in [1.807, 2.05) is 19.1 Å². The Morgan fingerprint density at radius 2 is 2.47 bits per heavy atom. The number of nitrogens with one attached hydrogen (secondary N) is 1. The van der Waals surface area contributed by atoms with Crippen molar-refractivity contribution in [2.45, 2.75) is 25.9 Å². The molecule has 15 heavy (non-hydrogen) atoms. The van der Waals surface area contributed by atoms with Gasteiger partial charge in [-0.05, 0) is 18.6 Å². The second kappa shape index (κ2) is 6.14. The lowest BCUT2D eigenvalue weighted by atomic mass is 10.2. The van der Waals surface area contributed by atoms with Crippen LogP contribution in [0.25, 0.3) is 0 Å². The number of pyridine rings is 1. The average Bonchev–Trinajstić information content (AvgIpc) is 2.27. The maximum absolute atomic E-state index is 11.0. The van der Waals surface area contributed by atoms with E-state index >= 15 is 0 Å². The van der Waals surface area contributed by atoms with E-state index in [9.17, 15) is 4.79 Å². The summed E-state index contributed by atoms with van der Waals surface area (Å²) in [7, 11) is 1.40. The summed E-state index contributed by atoms with van der Waals surface area (Å²) in [4.78, 5) is 15.0. The van der Waals surface area contributed by atoms with E-state index < -0.39 is 0 Å². The van der Waals surface area contributed by atoms with Gasteiger partial charge in [-0.1, -0.05) is 6.07 Å². The van der Waals surface area contributed by atoms with Crippen LogP contribution in [0, 0.1) is 0 Å². The number of carbonyl (C=O) groups is 1. The molecular formula is C11H16N2O2.